The number of methoxy groups -OCH3 is 1. The SMILES string of the molecule is COc1ccc2nc(N(Cc3cccnc3)C(=O)C3=COCCO3)sc2c1. The summed E-state index contributed by atoms with van der Waals surface area (Å²) in [5, 5.41) is 0.571. The summed E-state index contributed by atoms with van der Waals surface area (Å²) in [7, 11) is 1.62. The van der Waals surface area contributed by atoms with E-state index < -0.39 is 0 Å². The molecule has 1 amide bonds. The fraction of sp³-hybridized carbons (Fsp3) is 0.211. The molecule has 3 aromatic rings. The van der Waals surface area contributed by atoms with Gasteiger partial charge in [0.25, 0.3) is 5.91 Å². The molecule has 0 saturated carbocycles. The standard InChI is InChI=1S/C19H17N3O4S/c1-24-14-4-5-15-17(9-14)27-19(21-15)22(11-13-3-2-6-20-10-13)18(23)16-12-25-7-8-26-16/h2-6,9-10,12H,7-8,11H2,1H3. The Morgan fingerprint density at radius 3 is 3.00 bits per heavy atom. The molecule has 3 heterocycles. The van der Waals surface area contributed by atoms with Gasteiger partial charge in [0.2, 0.25) is 5.76 Å². The first-order valence-electron chi connectivity index (χ1n) is 8.34. The summed E-state index contributed by atoms with van der Waals surface area (Å²) < 4.78 is 16.9. The van der Waals surface area contributed by atoms with Crippen LogP contribution in [0.2, 0.25) is 0 Å². The lowest BCUT2D eigenvalue weighted by Crippen LogP contribution is -2.33. The monoisotopic (exact) mass is 383 g/mol. The number of ether oxygens (including phenoxy) is 3. The van der Waals surface area contributed by atoms with Gasteiger partial charge in [-0.2, -0.15) is 0 Å². The lowest BCUT2D eigenvalue weighted by Gasteiger charge is -2.23. The predicted molar refractivity (Wildman–Crippen MR) is 102 cm³/mol. The van der Waals surface area contributed by atoms with Crippen molar-refractivity contribution >= 4 is 32.6 Å². The van der Waals surface area contributed by atoms with Crippen LogP contribution in [0.4, 0.5) is 5.13 Å². The maximum atomic E-state index is 13.1. The highest BCUT2D eigenvalue weighted by molar-refractivity contribution is 7.22. The number of thiazole rings is 1. The van der Waals surface area contributed by atoms with Gasteiger partial charge in [-0.3, -0.25) is 14.7 Å². The van der Waals surface area contributed by atoms with Crippen molar-refractivity contribution in [2.45, 2.75) is 6.54 Å². The summed E-state index contributed by atoms with van der Waals surface area (Å²) in [6.07, 6.45) is 4.78. The molecule has 0 bridgehead atoms. The van der Waals surface area contributed by atoms with Crippen LogP contribution in [0.5, 0.6) is 5.75 Å². The van der Waals surface area contributed by atoms with Crippen molar-refractivity contribution in [1.29, 1.82) is 0 Å². The topological polar surface area (TPSA) is 73.8 Å². The Morgan fingerprint density at radius 2 is 2.26 bits per heavy atom. The Kier molecular flexibility index (Phi) is 4.88. The van der Waals surface area contributed by atoms with Gasteiger partial charge in [0.1, 0.15) is 25.2 Å². The summed E-state index contributed by atoms with van der Waals surface area (Å²) in [5.41, 5.74) is 1.69. The van der Waals surface area contributed by atoms with Crippen molar-refractivity contribution in [3.05, 3.63) is 60.3 Å². The van der Waals surface area contributed by atoms with E-state index in [1.165, 1.54) is 17.6 Å². The second kappa shape index (κ2) is 7.63. The third kappa shape index (κ3) is 3.70. The molecule has 1 aliphatic heterocycles. The minimum absolute atomic E-state index is 0.168. The quantitative estimate of drug-likeness (QED) is 0.674. The molecule has 27 heavy (non-hydrogen) atoms. The van der Waals surface area contributed by atoms with Crippen molar-refractivity contribution < 1.29 is 19.0 Å². The van der Waals surface area contributed by atoms with Gasteiger partial charge in [0.15, 0.2) is 5.13 Å². The van der Waals surface area contributed by atoms with Crippen molar-refractivity contribution in [3.8, 4) is 5.75 Å². The molecular weight excluding hydrogens is 366 g/mol. The number of hydrogen-bond acceptors (Lipinski definition) is 7. The van der Waals surface area contributed by atoms with Gasteiger partial charge in [-0.15, -0.1) is 0 Å². The summed E-state index contributed by atoms with van der Waals surface area (Å²) >= 11 is 1.42. The third-order valence-electron chi connectivity index (χ3n) is 3.98. The Balaban J connectivity index is 1.72. The molecule has 8 heteroatoms. The van der Waals surface area contributed by atoms with E-state index in [1.807, 2.05) is 30.3 Å². The first-order chi connectivity index (χ1) is 13.2. The van der Waals surface area contributed by atoms with Gasteiger partial charge in [-0.05, 0) is 29.8 Å². The second-order valence-corrected chi connectivity index (χ2v) is 6.79. The molecule has 2 aromatic heterocycles. The summed E-state index contributed by atoms with van der Waals surface area (Å²) in [6.45, 7) is 1.10. The number of hydrogen-bond donors (Lipinski definition) is 0. The van der Waals surface area contributed by atoms with E-state index in [0.717, 1.165) is 21.5 Å². The number of anilines is 1. The fourth-order valence-corrected chi connectivity index (χ4v) is 3.64. The molecule has 0 spiro atoms. The van der Waals surface area contributed by atoms with Crippen LogP contribution in [0.15, 0.2) is 54.7 Å². The predicted octanol–water partition coefficient (Wildman–Crippen LogP) is 3.12. The highest BCUT2D eigenvalue weighted by Gasteiger charge is 2.26. The molecule has 7 nitrogen and oxygen atoms in total. The largest absolute Gasteiger partial charge is 0.497 e. The van der Waals surface area contributed by atoms with Gasteiger partial charge in [-0.1, -0.05) is 17.4 Å². The minimum atomic E-state index is -0.301. The number of carbonyl (C=O) groups is 1. The fourth-order valence-electron chi connectivity index (χ4n) is 2.65. The summed E-state index contributed by atoms with van der Waals surface area (Å²) in [6, 6.07) is 9.37. The zero-order valence-corrected chi connectivity index (χ0v) is 15.4. The molecule has 0 atom stereocenters. The molecule has 1 aliphatic rings. The van der Waals surface area contributed by atoms with Gasteiger partial charge >= 0.3 is 0 Å². The number of nitrogens with zero attached hydrogens (tertiary/aromatic N) is 3. The van der Waals surface area contributed by atoms with Crippen molar-refractivity contribution in [2.24, 2.45) is 0 Å². The lowest BCUT2D eigenvalue weighted by molar-refractivity contribution is -0.119. The van der Waals surface area contributed by atoms with Gasteiger partial charge in [-0.25, -0.2) is 4.98 Å². The van der Waals surface area contributed by atoms with E-state index >= 15 is 0 Å². The van der Waals surface area contributed by atoms with E-state index in [1.54, 1.807) is 24.4 Å². The smallest absolute Gasteiger partial charge is 0.298 e. The number of rotatable bonds is 5. The van der Waals surface area contributed by atoms with Crippen LogP contribution in [-0.2, 0) is 20.8 Å². The van der Waals surface area contributed by atoms with Gasteiger partial charge < -0.3 is 14.2 Å². The van der Waals surface area contributed by atoms with Crippen LogP contribution >= 0.6 is 11.3 Å². The zero-order chi connectivity index (χ0) is 18.6. The Hall–Kier alpha value is -3.13. The molecule has 0 fully saturated rings. The Labute approximate surface area is 159 Å². The van der Waals surface area contributed by atoms with Gasteiger partial charge in [0, 0.05) is 12.4 Å². The van der Waals surface area contributed by atoms with E-state index in [4.69, 9.17) is 14.2 Å². The van der Waals surface area contributed by atoms with E-state index in [-0.39, 0.29) is 11.7 Å². The minimum Gasteiger partial charge on any atom is -0.497 e. The summed E-state index contributed by atoms with van der Waals surface area (Å²) in [5.74, 6) is 0.612. The number of pyridine rings is 1. The molecule has 4 rings (SSSR count). The number of aromatic nitrogens is 2. The van der Waals surface area contributed by atoms with Crippen LogP contribution in [0.25, 0.3) is 10.2 Å². The van der Waals surface area contributed by atoms with E-state index in [0.29, 0.717) is 24.9 Å². The second-order valence-electron chi connectivity index (χ2n) is 5.78. The average Bonchev–Trinajstić information content (AvgIpc) is 3.15. The highest BCUT2D eigenvalue weighted by Crippen LogP contribution is 2.33. The summed E-state index contributed by atoms with van der Waals surface area (Å²) in [4.78, 5) is 23.4. The van der Waals surface area contributed by atoms with Crippen molar-refractivity contribution in [3.63, 3.8) is 0 Å². The van der Waals surface area contributed by atoms with Crippen molar-refractivity contribution in [2.75, 3.05) is 25.2 Å². The highest BCUT2D eigenvalue weighted by atomic mass is 32.1. The number of carbonyl (C=O) groups excluding carboxylic acids is 1. The molecule has 138 valence electrons. The molecular formula is C19H17N3O4S. The first kappa shape index (κ1) is 17.3. The maximum absolute atomic E-state index is 13.1. The van der Waals surface area contributed by atoms with Crippen LogP contribution in [-0.4, -0.2) is 36.2 Å². The molecule has 0 radical (unpaired) electrons. The molecule has 0 N–H and O–H groups in total. The van der Waals surface area contributed by atoms with Crippen molar-refractivity contribution in [1.82, 2.24) is 9.97 Å². The van der Waals surface area contributed by atoms with Crippen LogP contribution < -0.4 is 9.64 Å². The molecule has 1 aromatic carbocycles. The molecule has 0 aliphatic carbocycles. The van der Waals surface area contributed by atoms with Gasteiger partial charge in [0.05, 0.1) is 23.9 Å². The molecule has 0 saturated heterocycles. The van der Waals surface area contributed by atoms with Crippen LogP contribution in [0.3, 0.4) is 0 Å². The zero-order valence-electron chi connectivity index (χ0n) is 14.6. The number of amides is 1. The number of benzene rings is 1. The third-order valence-corrected chi connectivity index (χ3v) is 5.02. The number of fused-ring (bicyclic) bond motifs is 1. The lowest BCUT2D eigenvalue weighted by atomic mass is 10.2. The molecule has 0 unspecified atom stereocenters. The first-order valence-corrected chi connectivity index (χ1v) is 9.16. The Morgan fingerprint density at radius 1 is 1.33 bits per heavy atom. The van der Waals surface area contributed by atoms with Crippen LogP contribution in [0, 0.1) is 0 Å². The van der Waals surface area contributed by atoms with E-state index in [2.05, 4.69) is 9.97 Å². The van der Waals surface area contributed by atoms with Crippen LogP contribution in [0.1, 0.15) is 5.56 Å². The normalized spacial score (nSPS) is 13.4. The van der Waals surface area contributed by atoms with E-state index in [9.17, 15) is 4.79 Å². The maximum Gasteiger partial charge on any atom is 0.298 e. The average molecular weight is 383 g/mol. The Bertz CT molecular complexity index is 987.